The van der Waals surface area contributed by atoms with E-state index in [1.54, 1.807) is 30.0 Å². The van der Waals surface area contributed by atoms with Crippen molar-refractivity contribution in [1.29, 1.82) is 0 Å². The lowest BCUT2D eigenvalue weighted by molar-refractivity contribution is -0.0697. The number of rotatable bonds is 4. The molecule has 0 saturated carbocycles. The van der Waals surface area contributed by atoms with Crippen molar-refractivity contribution in [1.82, 2.24) is 4.90 Å². The highest BCUT2D eigenvalue weighted by atomic mass is 32.2. The molecule has 0 aliphatic carbocycles. The van der Waals surface area contributed by atoms with Gasteiger partial charge in [-0.25, -0.2) is 4.39 Å². The van der Waals surface area contributed by atoms with Crippen LogP contribution in [0.15, 0.2) is 59.6 Å². The first kappa shape index (κ1) is 15.7. The molecule has 0 amide bonds. The van der Waals surface area contributed by atoms with Gasteiger partial charge in [-0.15, -0.1) is 0 Å². The molecule has 0 unspecified atom stereocenters. The third-order valence-corrected chi connectivity index (χ3v) is 6.13. The fourth-order valence-electron chi connectivity index (χ4n) is 3.51. The molecule has 1 fully saturated rings. The van der Waals surface area contributed by atoms with Gasteiger partial charge in [-0.05, 0) is 24.5 Å². The largest absolute Gasteiger partial charge is 0.366 e. The first-order chi connectivity index (χ1) is 11.7. The monoisotopic (exact) mass is 342 g/mol. The van der Waals surface area contributed by atoms with E-state index in [0.29, 0.717) is 18.7 Å². The number of aliphatic hydroxyl groups is 1. The van der Waals surface area contributed by atoms with Crippen LogP contribution in [0.25, 0.3) is 0 Å². The Labute approximate surface area is 145 Å². The molecule has 24 heavy (non-hydrogen) atoms. The Hall–Kier alpha value is -1.85. The Bertz CT molecular complexity index is 767. The summed E-state index contributed by atoms with van der Waals surface area (Å²) < 4.78 is 14.4. The molecule has 124 valence electrons. The van der Waals surface area contributed by atoms with Crippen molar-refractivity contribution in [2.45, 2.75) is 23.8 Å². The number of aryl methyl sites for hydroxylation is 1. The standard InChI is InChI=1S/C19H19FN2OS/c20-16-9-5-4-8-15(16)19(23)17(24-18-21-12-13-22(18)19)11-10-14-6-2-1-3-7-14/h1-9,17,23H,10-13H2/t17-,19+/m1/s1. The van der Waals surface area contributed by atoms with Crippen LogP contribution in [0.3, 0.4) is 0 Å². The zero-order chi connectivity index (χ0) is 16.6. The minimum atomic E-state index is -1.33. The van der Waals surface area contributed by atoms with E-state index >= 15 is 0 Å². The summed E-state index contributed by atoms with van der Waals surface area (Å²) >= 11 is 1.57. The van der Waals surface area contributed by atoms with Crippen LogP contribution in [0, 0.1) is 5.82 Å². The molecule has 2 atom stereocenters. The molecule has 0 bridgehead atoms. The molecule has 2 heterocycles. The number of amidine groups is 1. The number of thioether (sulfide) groups is 1. The topological polar surface area (TPSA) is 35.8 Å². The van der Waals surface area contributed by atoms with Crippen molar-refractivity contribution < 1.29 is 9.50 Å². The molecule has 4 rings (SSSR count). The van der Waals surface area contributed by atoms with Crippen LogP contribution in [-0.2, 0) is 12.1 Å². The predicted molar refractivity (Wildman–Crippen MR) is 95.4 cm³/mol. The van der Waals surface area contributed by atoms with Crippen LogP contribution < -0.4 is 0 Å². The van der Waals surface area contributed by atoms with Crippen molar-refractivity contribution >= 4 is 16.9 Å². The second-order valence-corrected chi connectivity index (χ2v) is 7.32. The van der Waals surface area contributed by atoms with Crippen molar-refractivity contribution in [2.75, 3.05) is 13.1 Å². The van der Waals surface area contributed by atoms with E-state index in [0.717, 1.165) is 18.0 Å². The second-order valence-electron chi connectivity index (χ2n) is 6.15. The van der Waals surface area contributed by atoms with Gasteiger partial charge in [0.15, 0.2) is 10.9 Å². The third kappa shape index (κ3) is 2.52. The summed E-state index contributed by atoms with van der Waals surface area (Å²) in [7, 11) is 0. The average molecular weight is 342 g/mol. The van der Waals surface area contributed by atoms with Crippen LogP contribution in [-0.4, -0.2) is 33.5 Å². The van der Waals surface area contributed by atoms with Gasteiger partial charge in [-0.1, -0.05) is 60.3 Å². The number of fused-ring (bicyclic) bond motifs is 1. The number of benzene rings is 2. The molecule has 0 spiro atoms. The first-order valence-corrected chi connectivity index (χ1v) is 9.07. The van der Waals surface area contributed by atoms with E-state index in [1.807, 2.05) is 23.1 Å². The molecule has 1 N–H and O–H groups in total. The minimum absolute atomic E-state index is 0.145. The maximum absolute atomic E-state index is 14.4. The average Bonchev–Trinajstić information content (AvgIpc) is 3.17. The van der Waals surface area contributed by atoms with Gasteiger partial charge in [-0.3, -0.25) is 4.99 Å². The second kappa shape index (κ2) is 6.22. The molecule has 2 aliphatic rings. The molecule has 2 aliphatic heterocycles. The van der Waals surface area contributed by atoms with Crippen LogP contribution in [0.4, 0.5) is 4.39 Å². The Kier molecular flexibility index (Phi) is 4.06. The molecule has 2 aromatic rings. The van der Waals surface area contributed by atoms with Crippen molar-refractivity contribution in [3.63, 3.8) is 0 Å². The highest BCUT2D eigenvalue weighted by molar-refractivity contribution is 8.14. The number of hydrogen-bond donors (Lipinski definition) is 1. The number of hydrogen-bond acceptors (Lipinski definition) is 4. The van der Waals surface area contributed by atoms with E-state index in [9.17, 15) is 9.50 Å². The van der Waals surface area contributed by atoms with E-state index < -0.39 is 5.72 Å². The Morgan fingerprint density at radius 1 is 1.17 bits per heavy atom. The summed E-state index contributed by atoms with van der Waals surface area (Å²) in [5.41, 5.74) is 0.241. The van der Waals surface area contributed by atoms with E-state index in [4.69, 9.17) is 0 Å². The molecule has 1 saturated heterocycles. The van der Waals surface area contributed by atoms with Crippen molar-refractivity contribution in [3.05, 3.63) is 71.5 Å². The SMILES string of the molecule is O[C@@]1(c2ccccc2F)[C@@H](CCc2ccccc2)SC2=NCCN21. The van der Waals surface area contributed by atoms with E-state index in [1.165, 1.54) is 11.6 Å². The van der Waals surface area contributed by atoms with Gasteiger partial charge in [0.2, 0.25) is 0 Å². The van der Waals surface area contributed by atoms with Crippen molar-refractivity contribution in [2.24, 2.45) is 4.99 Å². The maximum Gasteiger partial charge on any atom is 0.181 e. The van der Waals surface area contributed by atoms with E-state index in [2.05, 4.69) is 17.1 Å². The van der Waals surface area contributed by atoms with Gasteiger partial charge in [0.25, 0.3) is 0 Å². The Morgan fingerprint density at radius 3 is 2.71 bits per heavy atom. The van der Waals surface area contributed by atoms with Gasteiger partial charge < -0.3 is 10.0 Å². The summed E-state index contributed by atoms with van der Waals surface area (Å²) in [6.45, 7) is 1.29. The molecule has 2 aromatic carbocycles. The van der Waals surface area contributed by atoms with Crippen LogP contribution in [0.5, 0.6) is 0 Å². The van der Waals surface area contributed by atoms with Crippen LogP contribution in [0.2, 0.25) is 0 Å². The summed E-state index contributed by atoms with van der Waals surface area (Å²) in [6, 6.07) is 16.7. The van der Waals surface area contributed by atoms with Gasteiger partial charge in [0, 0.05) is 12.1 Å². The lowest BCUT2D eigenvalue weighted by atomic mass is 9.93. The minimum Gasteiger partial charge on any atom is -0.366 e. The fourth-order valence-corrected chi connectivity index (χ4v) is 4.94. The Balaban J connectivity index is 1.66. The normalized spacial score (nSPS) is 25.7. The van der Waals surface area contributed by atoms with Crippen molar-refractivity contribution in [3.8, 4) is 0 Å². The molecular formula is C19H19FN2OS. The zero-order valence-electron chi connectivity index (χ0n) is 13.2. The summed E-state index contributed by atoms with van der Waals surface area (Å²) in [5.74, 6) is -0.363. The molecule has 0 aromatic heterocycles. The number of nitrogens with zero attached hydrogens (tertiary/aromatic N) is 2. The van der Waals surface area contributed by atoms with Gasteiger partial charge in [0.1, 0.15) is 5.82 Å². The zero-order valence-corrected chi connectivity index (χ0v) is 14.0. The smallest absolute Gasteiger partial charge is 0.181 e. The summed E-state index contributed by atoms with van der Waals surface area (Å²) in [4.78, 5) is 6.34. The van der Waals surface area contributed by atoms with Crippen LogP contribution in [0.1, 0.15) is 17.5 Å². The Morgan fingerprint density at radius 2 is 1.92 bits per heavy atom. The summed E-state index contributed by atoms with van der Waals surface area (Å²) in [6.07, 6.45) is 1.60. The quantitative estimate of drug-likeness (QED) is 0.925. The lowest BCUT2D eigenvalue weighted by Gasteiger charge is -2.36. The highest BCUT2D eigenvalue weighted by Gasteiger charge is 2.54. The van der Waals surface area contributed by atoms with E-state index in [-0.39, 0.29) is 11.1 Å². The molecule has 3 nitrogen and oxygen atoms in total. The van der Waals surface area contributed by atoms with Gasteiger partial charge in [0.05, 0.1) is 11.8 Å². The molecule has 0 radical (unpaired) electrons. The molecule has 5 heteroatoms. The third-order valence-electron chi connectivity index (χ3n) is 4.72. The van der Waals surface area contributed by atoms with Crippen LogP contribution >= 0.6 is 11.8 Å². The lowest BCUT2D eigenvalue weighted by Crippen LogP contribution is -2.48. The van der Waals surface area contributed by atoms with Gasteiger partial charge in [-0.2, -0.15) is 0 Å². The summed E-state index contributed by atoms with van der Waals surface area (Å²) in [5, 5.41) is 12.2. The first-order valence-electron chi connectivity index (χ1n) is 8.19. The maximum atomic E-state index is 14.4. The molecular weight excluding hydrogens is 323 g/mol. The predicted octanol–water partition coefficient (Wildman–Crippen LogP) is 3.39. The number of aliphatic imine (C=N–C) groups is 1. The van der Waals surface area contributed by atoms with Gasteiger partial charge >= 0.3 is 0 Å². The number of halogens is 1. The highest BCUT2D eigenvalue weighted by Crippen LogP contribution is 2.48. The fraction of sp³-hybridized carbons (Fsp3) is 0.316.